The number of likely N-dealkylation sites (tertiary alicyclic amines) is 1. The van der Waals surface area contributed by atoms with E-state index in [1.807, 2.05) is 6.20 Å². The van der Waals surface area contributed by atoms with Gasteiger partial charge >= 0.3 is 0 Å². The van der Waals surface area contributed by atoms with Crippen LogP contribution in [0.4, 0.5) is 0 Å². The van der Waals surface area contributed by atoms with Crippen molar-refractivity contribution in [1.29, 1.82) is 0 Å². The van der Waals surface area contributed by atoms with Crippen molar-refractivity contribution >= 4 is 33.2 Å². The van der Waals surface area contributed by atoms with E-state index in [1.165, 1.54) is 27.3 Å². The van der Waals surface area contributed by atoms with Gasteiger partial charge in [-0.2, -0.15) is 0 Å². The molecule has 0 unspecified atom stereocenters. The van der Waals surface area contributed by atoms with Crippen LogP contribution >= 0.6 is 22.9 Å². The zero-order valence-corrected chi connectivity index (χ0v) is 17.5. The molecular formula is C20H28ClN3S. The van der Waals surface area contributed by atoms with Crippen molar-refractivity contribution in [3.8, 4) is 0 Å². The summed E-state index contributed by atoms with van der Waals surface area (Å²) in [6, 6.07) is 2.80. The molecule has 1 aliphatic heterocycles. The molecule has 1 saturated heterocycles. The Kier molecular flexibility index (Phi) is 5.16. The quantitative estimate of drug-likeness (QED) is 0.721. The molecule has 136 valence electrons. The van der Waals surface area contributed by atoms with Crippen molar-refractivity contribution in [1.82, 2.24) is 14.8 Å². The average molecular weight is 378 g/mol. The molecule has 2 aromatic rings. The third-order valence-corrected chi connectivity index (χ3v) is 6.78. The van der Waals surface area contributed by atoms with Crippen LogP contribution in [0.2, 0.25) is 5.02 Å². The molecule has 0 bridgehead atoms. The lowest BCUT2D eigenvalue weighted by molar-refractivity contribution is 0.232. The van der Waals surface area contributed by atoms with Crippen LogP contribution < -0.4 is 0 Å². The topological polar surface area (TPSA) is 19.4 Å². The zero-order valence-electron chi connectivity index (χ0n) is 15.9. The lowest BCUT2D eigenvalue weighted by Gasteiger charge is -2.27. The summed E-state index contributed by atoms with van der Waals surface area (Å²) in [6.07, 6.45) is 4.27. The maximum atomic E-state index is 6.63. The Bertz CT molecular complexity index is 790. The van der Waals surface area contributed by atoms with Gasteiger partial charge in [0.1, 0.15) is 0 Å². The molecular weight excluding hydrogens is 350 g/mol. The molecule has 0 radical (unpaired) electrons. The molecule has 0 aromatic carbocycles. The Morgan fingerprint density at radius 2 is 2.16 bits per heavy atom. The smallest absolute Gasteiger partial charge is 0.0999 e. The minimum atomic E-state index is 0.101. The van der Waals surface area contributed by atoms with E-state index >= 15 is 0 Å². The second-order valence-electron chi connectivity index (χ2n) is 8.23. The Hall–Kier alpha value is -1.10. The number of hydrogen-bond acceptors (Lipinski definition) is 4. The molecule has 3 nitrogen and oxygen atoms in total. The standard InChI is InChI=1S/C20H28ClN3S/c1-13-7-8-15(24(13)6)11-23(5)12-17-18(21)19-16(25-17)9-14(10-22-19)20(2,3)4/h9-10,15H,1,7-8,11-12H2,2-6H3/t15-/m1/s1. The molecule has 0 spiro atoms. The first-order chi connectivity index (χ1) is 11.7. The fourth-order valence-corrected chi connectivity index (χ4v) is 4.91. The number of pyridine rings is 1. The Morgan fingerprint density at radius 3 is 2.76 bits per heavy atom. The van der Waals surface area contributed by atoms with Gasteiger partial charge < -0.3 is 4.90 Å². The molecule has 2 aromatic heterocycles. The SMILES string of the molecule is C=C1CC[C@H](CN(C)Cc2sc3cc(C(C)(C)C)cnc3c2Cl)N1C. The van der Waals surface area contributed by atoms with Gasteiger partial charge in [0.25, 0.3) is 0 Å². The Labute approximate surface area is 160 Å². The fourth-order valence-electron chi connectivity index (χ4n) is 3.35. The summed E-state index contributed by atoms with van der Waals surface area (Å²) in [7, 11) is 4.32. The summed E-state index contributed by atoms with van der Waals surface area (Å²) in [5.74, 6) is 0. The monoisotopic (exact) mass is 377 g/mol. The lowest BCUT2D eigenvalue weighted by atomic mass is 9.88. The van der Waals surface area contributed by atoms with E-state index in [0.717, 1.165) is 30.0 Å². The van der Waals surface area contributed by atoms with Gasteiger partial charge in [-0.05, 0) is 36.9 Å². The summed E-state index contributed by atoms with van der Waals surface area (Å²) in [6.45, 7) is 12.7. The van der Waals surface area contributed by atoms with Crippen LogP contribution in [0.15, 0.2) is 24.5 Å². The van der Waals surface area contributed by atoms with Gasteiger partial charge in [0.2, 0.25) is 0 Å². The van der Waals surface area contributed by atoms with E-state index in [9.17, 15) is 0 Å². The number of hydrogen-bond donors (Lipinski definition) is 0. The highest BCUT2D eigenvalue weighted by atomic mass is 35.5. The number of nitrogens with zero attached hydrogens (tertiary/aromatic N) is 3. The number of likely N-dealkylation sites (N-methyl/N-ethyl adjacent to an activating group) is 2. The Morgan fingerprint density at radius 1 is 1.44 bits per heavy atom. The minimum Gasteiger partial charge on any atom is -0.374 e. The normalized spacial score (nSPS) is 18.8. The first-order valence-corrected chi connectivity index (χ1v) is 10.0. The molecule has 0 aliphatic carbocycles. The van der Waals surface area contributed by atoms with Crippen molar-refractivity contribution in [2.45, 2.75) is 51.6 Å². The van der Waals surface area contributed by atoms with Crippen molar-refractivity contribution in [2.75, 3.05) is 20.6 Å². The summed E-state index contributed by atoms with van der Waals surface area (Å²) in [4.78, 5) is 10.5. The summed E-state index contributed by atoms with van der Waals surface area (Å²) in [5.41, 5.74) is 3.54. The van der Waals surface area contributed by atoms with Crippen molar-refractivity contribution in [3.63, 3.8) is 0 Å². The first kappa shape index (κ1) is 18.7. The molecule has 1 fully saturated rings. The van der Waals surface area contributed by atoms with E-state index < -0.39 is 0 Å². The third-order valence-electron chi connectivity index (χ3n) is 5.15. The first-order valence-electron chi connectivity index (χ1n) is 8.83. The van der Waals surface area contributed by atoms with Gasteiger partial charge in [0.05, 0.1) is 15.2 Å². The number of aromatic nitrogens is 1. The van der Waals surface area contributed by atoms with Gasteiger partial charge in [0.15, 0.2) is 0 Å². The van der Waals surface area contributed by atoms with Gasteiger partial charge in [-0.1, -0.05) is 39.0 Å². The highest BCUT2D eigenvalue weighted by Gasteiger charge is 2.25. The third kappa shape index (κ3) is 3.86. The summed E-state index contributed by atoms with van der Waals surface area (Å²) < 4.78 is 1.19. The van der Waals surface area contributed by atoms with Crippen LogP contribution in [-0.2, 0) is 12.0 Å². The highest BCUT2D eigenvalue weighted by Crippen LogP contribution is 2.37. The maximum absolute atomic E-state index is 6.63. The van der Waals surface area contributed by atoms with Crippen molar-refractivity contribution < 1.29 is 0 Å². The number of thiophene rings is 1. The summed E-state index contributed by atoms with van der Waals surface area (Å²) in [5, 5.41) is 0.816. The number of rotatable bonds is 4. The average Bonchev–Trinajstić information content (AvgIpc) is 3.00. The van der Waals surface area contributed by atoms with Crippen molar-refractivity contribution in [3.05, 3.63) is 40.0 Å². The fraction of sp³-hybridized carbons (Fsp3) is 0.550. The van der Waals surface area contributed by atoms with E-state index in [4.69, 9.17) is 11.6 Å². The molecule has 0 amide bonds. The molecule has 5 heteroatoms. The molecule has 3 heterocycles. The molecule has 25 heavy (non-hydrogen) atoms. The van der Waals surface area contributed by atoms with Crippen LogP contribution in [0, 0.1) is 0 Å². The second kappa shape index (κ2) is 6.90. The lowest BCUT2D eigenvalue weighted by Crippen LogP contribution is -2.35. The molecule has 3 rings (SSSR count). The highest BCUT2D eigenvalue weighted by molar-refractivity contribution is 7.19. The van der Waals surface area contributed by atoms with Gasteiger partial charge in [-0.3, -0.25) is 9.88 Å². The molecule has 0 N–H and O–H groups in total. The number of fused-ring (bicyclic) bond motifs is 1. The van der Waals surface area contributed by atoms with Crippen LogP contribution in [0.3, 0.4) is 0 Å². The van der Waals surface area contributed by atoms with E-state index in [2.05, 4.69) is 62.3 Å². The largest absolute Gasteiger partial charge is 0.374 e. The van der Waals surface area contributed by atoms with Crippen LogP contribution in [-0.4, -0.2) is 41.5 Å². The number of halogens is 1. The number of allylic oxidation sites excluding steroid dienone is 1. The van der Waals surface area contributed by atoms with Gasteiger partial charge in [0, 0.05) is 43.0 Å². The second-order valence-corrected chi connectivity index (χ2v) is 9.74. The van der Waals surface area contributed by atoms with Gasteiger partial charge in [-0.15, -0.1) is 11.3 Å². The Balaban J connectivity index is 1.77. The predicted molar refractivity (Wildman–Crippen MR) is 110 cm³/mol. The molecule has 1 aliphatic rings. The predicted octanol–water partition coefficient (Wildman–Crippen LogP) is 5.29. The zero-order chi connectivity index (χ0) is 18.4. The van der Waals surface area contributed by atoms with Crippen molar-refractivity contribution in [2.24, 2.45) is 0 Å². The maximum Gasteiger partial charge on any atom is 0.0999 e. The molecule has 0 saturated carbocycles. The van der Waals surface area contributed by atoms with E-state index in [-0.39, 0.29) is 5.41 Å². The van der Waals surface area contributed by atoms with Crippen LogP contribution in [0.25, 0.3) is 10.2 Å². The van der Waals surface area contributed by atoms with Crippen LogP contribution in [0.5, 0.6) is 0 Å². The van der Waals surface area contributed by atoms with Gasteiger partial charge in [-0.25, -0.2) is 0 Å². The van der Waals surface area contributed by atoms with E-state index in [0.29, 0.717) is 6.04 Å². The molecule has 1 atom stereocenters. The van der Waals surface area contributed by atoms with Crippen LogP contribution in [0.1, 0.15) is 44.1 Å². The summed E-state index contributed by atoms with van der Waals surface area (Å²) >= 11 is 8.41. The van der Waals surface area contributed by atoms with E-state index in [1.54, 1.807) is 11.3 Å². The minimum absolute atomic E-state index is 0.101.